The van der Waals surface area contributed by atoms with Crippen LogP contribution in [-0.4, -0.2) is 19.9 Å². The van der Waals surface area contributed by atoms with Gasteiger partial charge in [-0.1, -0.05) is 67.0 Å². The monoisotopic (exact) mass is 353 g/mol. The van der Waals surface area contributed by atoms with E-state index in [4.69, 9.17) is 9.47 Å². The van der Waals surface area contributed by atoms with Gasteiger partial charge in [0.2, 0.25) is 0 Å². The Labute approximate surface area is 157 Å². The van der Waals surface area contributed by atoms with E-state index in [2.05, 4.69) is 52.1 Å². The standard InChI is InChI=1S/C17H29NO2.C3H8.C2H6/c1-6-17(19-7-2)20-15-10-8-14(9-11-15)16(18-5)12-13(3)4;1-3-2;1-2/h8-11,13,16-18H,6-7,12H2,1-5H3;3H2,1-2H3;1-2H3. The Morgan fingerprint density at radius 1 is 0.960 bits per heavy atom. The van der Waals surface area contributed by atoms with Gasteiger partial charge in [-0.25, -0.2) is 0 Å². The van der Waals surface area contributed by atoms with Crippen molar-refractivity contribution in [3.8, 4) is 5.75 Å². The molecule has 0 heterocycles. The van der Waals surface area contributed by atoms with E-state index in [9.17, 15) is 0 Å². The van der Waals surface area contributed by atoms with E-state index < -0.39 is 0 Å². The van der Waals surface area contributed by atoms with Crippen LogP contribution in [0.15, 0.2) is 24.3 Å². The quantitative estimate of drug-likeness (QED) is 0.508. The predicted octanol–water partition coefficient (Wildman–Crippen LogP) is 6.59. The van der Waals surface area contributed by atoms with E-state index >= 15 is 0 Å². The van der Waals surface area contributed by atoms with Gasteiger partial charge in [0.25, 0.3) is 0 Å². The van der Waals surface area contributed by atoms with Crippen molar-refractivity contribution in [2.75, 3.05) is 13.7 Å². The highest BCUT2D eigenvalue weighted by Crippen LogP contribution is 2.23. The first-order valence-corrected chi connectivity index (χ1v) is 10.1. The molecule has 1 aromatic carbocycles. The highest BCUT2D eigenvalue weighted by molar-refractivity contribution is 5.29. The number of benzene rings is 1. The van der Waals surface area contributed by atoms with Gasteiger partial charge in [0.05, 0.1) is 0 Å². The minimum Gasteiger partial charge on any atom is -0.465 e. The van der Waals surface area contributed by atoms with Gasteiger partial charge in [-0.2, -0.15) is 0 Å². The molecule has 0 amide bonds. The van der Waals surface area contributed by atoms with Crippen molar-refractivity contribution in [3.63, 3.8) is 0 Å². The van der Waals surface area contributed by atoms with Gasteiger partial charge in [-0.05, 0) is 44.0 Å². The molecule has 3 heteroatoms. The minimum atomic E-state index is -0.151. The third kappa shape index (κ3) is 12.9. The Balaban J connectivity index is 0. The zero-order valence-corrected chi connectivity index (χ0v) is 18.2. The van der Waals surface area contributed by atoms with E-state index in [1.807, 2.05) is 40.0 Å². The van der Waals surface area contributed by atoms with E-state index in [0.29, 0.717) is 18.6 Å². The van der Waals surface area contributed by atoms with Gasteiger partial charge in [0.1, 0.15) is 5.75 Å². The molecule has 25 heavy (non-hydrogen) atoms. The maximum atomic E-state index is 5.81. The number of hydrogen-bond donors (Lipinski definition) is 1. The molecule has 0 aromatic heterocycles. The largest absolute Gasteiger partial charge is 0.465 e. The van der Waals surface area contributed by atoms with Crippen LogP contribution in [0.4, 0.5) is 0 Å². The lowest BCUT2D eigenvalue weighted by atomic mass is 9.97. The van der Waals surface area contributed by atoms with Crippen LogP contribution in [0.25, 0.3) is 0 Å². The molecular formula is C22H43NO2. The van der Waals surface area contributed by atoms with Crippen LogP contribution in [0.3, 0.4) is 0 Å². The summed E-state index contributed by atoms with van der Waals surface area (Å²) in [5.74, 6) is 1.54. The van der Waals surface area contributed by atoms with Crippen molar-refractivity contribution in [1.82, 2.24) is 5.32 Å². The highest BCUT2D eigenvalue weighted by Gasteiger charge is 2.12. The van der Waals surface area contributed by atoms with E-state index in [0.717, 1.165) is 18.6 Å². The zero-order valence-electron chi connectivity index (χ0n) is 18.2. The SMILES string of the molecule is CC.CCC.CCOC(CC)Oc1ccc(C(CC(C)C)NC)cc1. The molecule has 0 radical (unpaired) electrons. The number of nitrogens with one attached hydrogen (secondary N) is 1. The fourth-order valence-corrected chi connectivity index (χ4v) is 2.24. The van der Waals surface area contributed by atoms with Crippen LogP contribution < -0.4 is 10.1 Å². The van der Waals surface area contributed by atoms with Crippen molar-refractivity contribution in [1.29, 1.82) is 0 Å². The zero-order chi connectivity index (χ0) is 19.7. The molecule has 1 rings (SSSR count). The second-order valence-corrected chi connectivity index (χ2v) is 6.16. The van der Waals surface area contributed by atoms with Crippen molar-refractivity contribution < 1.29 is 9.47 Å². The fourth-order valence-electron chi connectivity index (χ4n) is 2.24. The third-order valence-electron chi connectivity index (χ3n) is 3.29. The molecule has 0 saturated heterocycles. The second-order valence-electron chi connectivity index (χ2n) is 6.16. The maximum Gasteiger partial charge on any atom is 0.199 e. The lowest BCUT2D eigenvalue weighted by Gasteiger charge is -2.20. The second kappa shape index (κ2) is 17.8. The third-order valence-corrected chi connectivity index (χ3v) is 3.29. The molecule has 0 bridgehead atoms. The molecule has 0 saturated carbocycles. The lowest BCUT2D eigenvalue weighted by molar-refractivity contribution is -0.0766. The molecule has 148 valence electrons. The Kier molecular flexibility index (Phi) is 18.6. The van der Waals surface area contributed by atoms with Crippen molar-refractivity contribution in [2.45, 2.75) is 87.0 Å². The average Bonchev–Trinajstić information content (AvgIpc) is 2.62. The maximum absolute atomic E-state index is 5.81. The van der Waals surface area contributed by atoms with E-state index in [1.54, 1.807) is 0 Å². The molecule has 3 nitrogen and oxygen atoms in total. The first kappa shape index (κ1) is 26.2. The topological polar surface area (TPSA) is 30.5 Å². The summed E-state index contributed by atoms with van der Waals surface area (Å²) in [5, 5.41) is 3.38. The lowest BCUT2D eigenvalue weighted by Crippen LogP contribution is -2.20. The van der Waals surface area contributed by atoms with Crippen LogP contribution in [0.5, 0.6) is 5.75 Å². The summed E-state index contributed by atoms with van der Waals surface area (Å²) >= 11 is 0. The Morgan fingerprint density at radius 2 is 1.48 bits per heavy atom. The van der Waals surface area contributed by atoms with Crippen LogP contribution in [0, 0.1) is 5.92 Å². The van der Waals surface area contributed by atoms with Gasteiger partial charge in [-0.3, -0.25) is 0 Å². The van der Waals surface area contributed by atoms with Crippen molar-refractivity contribution >= 4 is 0 Å². The van der Waals surface area contributed by atoms with Crippen LogP contribution in [0.1, 0.15) is 86.3 Å². The predicted molar refractivity (Wildman–Crippen MR) is 111 cm³/mol. The van der Waals surface area contributed by atoms with Crippen molar-refractivity contribution in [3.05, 3.63) is 29.8 Å². The van der Waals surface area contributed by atoms with Crippen LogP contribution in [0.2, 0.25) is 0 Å². The molecule has 0 aliphatic heterocycles. The summed E-state index contributed by atoms with van der Waals surface area (Å²) in [6.45, 7) is 17.5. The fraction of sp³-hybridized carbons (Fsp3) is 0.727. The van der Waals surface area contributed by atoms with E-state index in [1.165, 1.54) is 12.0 Å². The first-order valence-electron chi connectivity index (χ1n) is 10.1. The summed E-state index contributed by atoms with van der Waals surface area (Å²) < 4.78 is 11.3. The van der Waals surface area contributed by atoms with Gasteiger partial charge < -0.3 is 14.8 Å². The molecule has 0 fully saturated rings. The summed E-state index contributed by atoms with van der Waals surface area (Å²) in [7, 11) is 2.01. The molecule has 0 aliphatic carbocycles. The Hall–Kier alpha value is -1.06. The van der Waals surface area contributed by atoms with Gasteiger partial charge >= 0.3 is 0 Å². The van der Waals surface area contributed by atoms with Crippen molar-refractivity contribution in [2.24, 2.45) is 5.92 Å². The minimum absolute atomic E-state index is 0.151. The molecule has 1 N–H and O–H groups in total. The number of rotatable bonds is 9. The molecule has 0 spiro atoms. The first-order chi connectivity index (χ1) is 12.0. The van der Waals surface area contributed by atoms with Gasteiger partial charge in [0.15, 0.2) is 6.29 Å². The summed E-state index contributed by atoms with van der Waals surface area (Å²) in [6.07, 6.45) is 3.08. The molecular weight excluding hydrogens is 310 g/mol. The van der Waals surface area contributed by atoms with E-state index in [-0.39, 0.29) is 6.29 Å². The molecule has 2 atom stereocenters. The smallest absolute Gasteiger partial charge is 0.199 e. The Morgan fingerprint density at radius 3 is 1.84 bits per heavy atom. The normalized spacial score (nSPS) is 12.4. The number of hydrogen-bond acceptors (Lipinski definition) is 3. The summed E-state index contributed by atoms with van der Waals surface area (Å²) in [5.41, 5.74) is 1.30. The van der Waals surface area contributed by atoms with Gasteiger partial charge in [-0.15, -0.1) is 0 Å². The summed E-state index contributed by atoms with van der Waals surface area (Å²) in [4.78, 5) is 0. The Bertz CT molecular complexity index is 376. The highest BCUT2D eigenvalue weighted by atomic mass is 16.7. The van der Waals surface area contributed by atoms with Crippen LogP contribution in [-0.2, 0) is 4.74 Å². The summed E-state index contributed by atoms with van der Waals surface area (Å²) in [6, 6.07) is 8.73. The molecule has 0 aliphatic rings. The van der Waals surface area contributed by atoms with Crippen LogP contribution >= 0.6 is 0 Å². The molecule has 1 aromatic rings. The average molecular weight is 354 g/mol. The molecule has 2 unspecified atom stereocenters. The van der Waals surface area contributed by atoms with Gasteiger partial charge in [0, 0.05) is 19.1 Å². The number of ether oxygens (including phenoxy) is 2.